The molecule has 0 aromatic heterocycles. The fraction of sp³-hybridized carbons (Fsp3) is 0.600. The van der Waals surface area contributed by atoms with Gasteiger partial charge in [-0.15, -0.1) is 0 Å². The largest absolute Gasteiger partial charge is 0.491 e. The molecule has 1 aromatic carbocycles. The Bertz CT molecular complexity index is 342. The van der Waals surface area contributed by atoms with Crippen molar-refractivity contribution in [1.82, 2.24) is 5.32 Å². The minimum atomic E-state index is -0.532. The van der Waals surface area contributed by atoms with E-state index in [9.17, 15) is 5.11 Å². The van der Waals surface area contributed by atoms with Crippen LogP contribution >= 0.6 is 0 Å². The minimum Gasteiger partial charge on any atom is -0.491 e. The molecule has 0 heterocycles. The van der Waals surface area contributed by atoms with Crippen LogP contribution in [-0.2, 0) is 9.47 Å². The van der Waals surface area contributed by atoms with Crippen molar-refractivity contribution >= 4 is 0 Å². The fourth-order valence-corrected chi connectivity index (χ4v) is 1.54. The van der Waals surface area contributed by atoms with Gasteiger partial charge in [0.25, 0.3) is 0 Å². The van der Waals surface area contributed by atoms with E-state index < -0.39 is 6.10 Å². The van der Waals surface area contributed by atoms with E-state index in [4.69, 9.17) is 14.2 Å². The molecule has 2 N–H and O–H groups in total. The molecule has 0 saturated carbocycles. The second-order valence-electron chi connectivity index (χ2n) is 4.59. The standard InChI is InChI=1S/C15H25NO4/c1-13-3-5-15(6-4-13)20-12-14(17)11-16-7-8-19-10-9-18-2/h3-6,14,16-17H,7-12H2,1-2H3. The molecule has 5 heteroatoms. The van der Waals surface area contributed by atoms with Crippen LogP contribution in [0.4, 0.5) is 0 Å². The summed E-state index contributed by atoms with van der Waals surface area (Å²) in [6, 6.07) is 7.77. The van der Waals surface area contributed by atoms with Gasteiger partial charge in [-0.3, -0.25) is 0 Å². The van der Waals surface area contributed by atoms with E-state index in [2.05, 4.69) is 5.32 Å². The van der Waals surface area contributed by atoms with Crippen molar-refractivity contribution in [3.05, 3.63) is 29.8 Å². The number of aliphatic hydroxyl groups is 1. The van der Waals surface area contributed by atoms with Crippen LogP contribution in [0.1, 0.15) is 5.56 Å². The van der Waals surface area contributed by atoms with Gasteiger partial charge in [0.15, 0.2) is 0 Å². The summed E-state index contributed by atoms with van der Waals surface area (Å²) in [6.45, 7) is 5.29. The number of rotatable bonds is 11. The highest BCUT2D eigenvalue weighted by Gasteiger charge is 2.04. The maximum Gasteiger partial charge on any atom is 0.119 e. The van der Waals surface area contributed by atoms with Gasteiger partial charge >= 0.3 is 0 Å². The van der Waals surface area contributed by atoms with Gasteiger partial charge in [-0.05, 0) is 19.1 Å². The molecule has 0 aliphatic carbocycles. The SMILES string of the molecule is COCCOCCNCC(O)COc1ccc(C)cc1. The molecule has 0 spiro atoms. The predicted octanol–water partition coefficient (Wildman–Crippen LogP) is 0.987. The van der Waals surface area contributed by atoms with Gasteiger partial charge in [0, 0.05) is 20.2 Å². The topological polar surface area (TPSA) is 60.0 Å². The third kappa shape index (κ3) is 8.12. The van der Waals surface area contributed by atoms with Crippen molar-refractivity contribution in [1.29, 1.82) is 0 Å². The van der Waals surface area contributed by atoms with Crippen LogP contribution in [0.5, 0.6) is 5.75 Å². The molecule has 0 aliphatic heterocycles. The smallest absolute Gasteiger partial charge is 0.119 e. The molecule has 0 amide bonds. The van der Waals surface area contributed by atoms with Crippen molar-refractivity contribution in [2.75, 3.05) is 46.6 Å². The van der Waals surface area contributed by atoms with Crippen LogP contribution in [0, 0.1) is 6.92 Å². The Labute approximate surface area is 120 Å². The Balaban J connectivity index is 2.00. The van der Waals surface area contributed by atoms with E-state index in [0.29, 0.717) is 32.9 Å². The lowest BCUT2D eigenvalue weighted by atomic mass is 10.2. The van der Waals surface area contributed by atoms with Crippen molar-refractivity contribution in [2.45, 2.75) is 13.0 Å². The molecule has 1 unspecified atom stereocenters. The molecule has 1 atom stereocenters. The van der Waals surface area contributed by atoms with Gasteiger partial charge in [0.05, 0.1) is 19.8 Å². The zero-order chi connectivity index (χ0) is 14.6. The van der Waals surface area contributed by atoms with Crippen LogP contribution in [0.25, 0.3) is 0 Å². The molecule has 0 fully saturated rings. The maximum absolute atomic E-state index is 9.76. The number of nitrogens with one attached hydrogen (secondary N) is 1. The van der Waals surface area contributed by atoms with Crippen molar-refractivity contribution in [2.24, 2.45) is 0 Å². The Kier molecular flexibility index (Phi) is 8.98. The predicted molar refractivity (Wildman–Crippen MR) is 78.2 cm³/mol. The third-order valence-corrected chi connectivity index (χ3v) is 2.70. The summed E-state index contributed by atoms with van der Waals surface area (Å²) < 4.78 is 15.7. The summed E-state index contributed by atoms with van der Waals surface area (Å²) >= 11 is 0. The molecule has 0 saturated heterocycles. The minimum absolute atomic E-state index is 0.278. The highest BCUT2D eigenvalue weighted by Crippen LogP contribution is 2.11. The first-order valence-corrected chi connectivity index (χ1v) is 6.87. The van der Waals surface area contributed by atoms with E-state index in [1.807, 2.05) is 31.2 Å². The second-order valence-corrected chi connectivity index (χ2v) is 4.59. The van der Waals surface area contributed by atoms with Gasteiger partial charge in [0.2, 0.25) is 0 Å². The number of hydrogen-bond donors (Lipinski definition) is 2. The number of hydrogen-bond acceptors (Lipinski definition) is 5. The highest BCUT2D eigenvalue weighted by atomic mass is 16.5. The van der Waals surface area contributed by atoms with E-state index in [-0.39, 0.29) is 6.61 Å². The van der Waals surface area contributed by atoms with Crippen LogP contribution in [-0.4, -0.2) is 57.8 Å². The second kappa shape index (κ2) is 10.6. The van der Waals surface area contributed by atoms with Crippen LogP contribution in [0.2, 0.25) is 0 Å². The molecular formula is C15H25NO4. The van der Waals surface area contributed by atoms with E-state index in [1.54, 1.807) is 7.11 Å². The Hall–Kier alpha value is -1.14. The lowest BCUT2D eigenvalue weighted by molar-refractivity contribution is 0.0679. The molecular weight excluding hydrogens is 258 g/mol. The van der Waals surface area contributed by atoms with E-state index >= 15 is 0 Å². The number of methoxy groups -OCH3 is 1. The van der Waals surface area contributed by atoms with Crippen LogP contribution in [0.3, 0.4) is 0 Å². The van der Waals surface area contributed by atoms with Gasteiger partial charge in [-0.25, -0.2) is 0 Å². The average Bonchev–Trinajstić information content (AvgIpc) is 2.46. The molecule has 114 valence electrons. The summed E-state index contributed by atoms with van der Waals surface area (Å²) in [5.74, 6) is 0.776. The number of aryl methyl sites for hydroxylation is 1. The van der Waals surface area contributed by atoms with Gasteiger partial charge in [-0.2, -0.15) is 0 Å². The zero-order valence-corrected chi connectivity index (χ0v) is 12.3. The lowest BCUT2D eigenvalue weighted by Crippen LogP contribution is -2.33. The van der Waals surface area contributed by atoms with Gasteiger partial charge in [0.1, 0.15) is 18.5 Å². The summed E-state index contributed by atoms with van der Waals surface area (Å²) in [4.78, 5) is 0. The average molecular weight is 283 g/mol. The Morgan fingerprint density at radius 3 is 2.60 bits per heavy atom. The monoisotopic (exact) mass is 283 g/mol. The zero-order valence-electron chi connectivity index (χ0n) is 12.3. The molecule has 5 nitrogen and oxygen atoms in total. The summed E-state index contributed by atoms with van der Waals surface area (Å²) in [5.41, 5.74) is 1.19. The first-order valence-electron chi connectivity index (χ1n) is 6.87. The van der Waals surface area contributed by atoms with Crippen molar-refractivity contribution in [3.63, 3.8) is 0 Å². The number of aliphatic hydroxyl groups excluding tert-OH is 1. The van der Waals surface area contributed by atoms with Crippen LogP contribution in [0.15, 0.2) is 24.3 Å². The molecule has 0 radical (unpaired) electrons. The maximum atomic E-state index is 9.76. The van der Waals surface area contributed by atoms with Crippen molar-refractivity contribution in [3.8, 4) is 5.75 Å². The summed E-state index contributed by atoms with van der Waals surface area (Å²) in [6.07, 6.45) is -0.532. The lowest BCUT2D eigenvalue weighted by Gasteiger charge is -2.13. The molecule has 1 rings (SSSR count). The molecule has 0 bridgehead atoms. The Morgan fingerprint density at radius 1 is 1.15 bits per heavy atom. The number of benzene rings is 1. The quantitative estimate of drug-likeness (QED) is 0.593. The van der Waals surface area contributed by atoms with Crippen molar-refractivity contribution < 1.29 is 19.3 Å². The first kappa shape index (κ1) is 16.9. The van der Waals surface area contributed by atoms with Gasteiger partial charge < -0.3 is 24.6 Å². The Morgan fingerprint density at radius 2 is 1.90 bits per heavy atom. The van der Waals surface area contributed by atoms with E-state index in [0.717, 1.165) is 5.75 Å². The van der Waals surface area contributed by atoms with Gasteiger partial charge in [-0.1, -0.05) is 17.7 Å². The summed E-state index contributed by atoms with van der Waals surface area (Å²) in [7, 11) is 1.64. The molecule has 1 aromatic rings. The number of ether oxygens (including phenoxy) is 3. The van der Waals surface area contributed by atoms with E-state index in [1.165, 1.54) is 5.56 Å². The first-order chi connectivity index (χ1) is 9.72. The molecule has 20 heavy (non-hydrogen) atoms. The van der Waals surface area contributed by atoms with Crippen LogP contribution < -0.4 is 10.1 Å². The molecule has 0 aliphatic rings. The third-order valence-electron chi connectivity index (χ3n) is 2.70. The highest BCUT2D eigenvalue weighted by molar-refractivity contribution is 5.26. The summed E-state index contributed by atoms with van der Waals surface area (Å²) in [5, 5.41) is 12.9. The fourth-order valence-electron chi connectivity index (χ4n) is 1.54. The normalized spacial score (nSPS) is 12.3.